The number of hydrogen-bond acceptors (Lipinski definition) is 6. The van der Waals surface area contributed by atoms with Crippen LogP contribution in [0, 0.1) is 10.1 Å². The van der Waals surface area contributed by atoms with Gasteiger partial charge < -0.3 is 5.73 Å². The summed E-state index contributed by atoms with van der Waals surface area (Å²) in [7, 11) is 0. The number of nitro benzene ring substituents is 1. The second-order valence-electron chi connectivity index (χ2n) is 3.73. The predicted octanol–water partition coefficient (Wildman–Crippen LogP) is 2.52. The van der Waals surface area contributed by atoms with Gasteiger partial charge in [-0.15, -0.1) is 10.2 Å². The van der Waals surface area contributed by atoms with Crippen molar-refractivity contribution in [2.45, 2.75) is 19.4 Å². The van der Waals surface area contributed by atoms with Gasteiger partial charge in [-0.3, -0.25) is 10.1 Å². The molecule has 1 aromatic carbocycles. The first-order valence-electron chi connectivity index (χ1n) is 5.46. The molecule has 18 heavy (non-hydrogen) atoms. The number of hydrogen-bond donors (Lipinski definition) is 1. The van der Waals surface area contributed by atoms with Crippen LogP contribution >= 0.6 is 11.3 Å². The molecule has 0 saturated heterocycles. The molecule has 94 valence electrons. The van der Waals surface area contributed by atoms with Gasteiger partial charge >= 0.3 is 0 Å². The third-order valence-electron chi connectivity index (χ3n) is 2.53. The summed E-state index contributed by atoms with van der Waals surface area (Å²) in [5.41, 5.74) is 6.37. The molecule has 1 atom stereocenters. The normalized spacial score (nSPS) is 12.3. The number of para-hydroxylation sites is 1. The van der Waals surface area contributed by atoms with E-state index in [-0.39, 0.29) is 11.7 Å². The Kier molecular flexibility index (Phi) is 3.63. The largest absolute Gasteiger partial charge is 0.322 e. The molecule has 0 aliphatic rings. The van der Waals surface area contributed by atoms with E-state index in [2.05, 4.69) is 10.2 Å². The molecule has 1 heterocycles. The number of nitrogens with two attached hydrogens (primary N) is 1. The van der Waals surface area contributed by atoms with Crippen molar-refractivity contribution >= 4 is 17.0 Å². The molecule has 0 fully saturated rings. The lowest BCUT2D eigenvalue weighted by atomic mass is 10.2. The molecular weight excluding hydrogens is 252 g/mol. The molecule has 2 rings (SSSR count). The summed E-state index contributed by atoms with van der Waals surface area (Å²) in [6.45, 7) is 1.96. The second kappa shape index (κ2) is 5.19. The van der Waals surface area contributed by atoms with Crippen molar-refractivity contribution in [2.75, 3.05) is 0 Å². The maximum absolute atomic E-state index is 10.9. The van der Waals surface area contributed by atoms with Gasteiger partial charge in [-0.1, -0.05) is 30.4 Å². The van der Waals surface area contributed by atoms with E-state index in [0.29, 0.717) is 15.6 Å². The van der Waals surface area contributed by atoms with Crippen molar-refractivity contribution in [2.24, 2.45) is 5.73 Å². The number of nitro groups is 1. The zero-order valence-corrected chi connectivity index (χ0v) is 10.6. The number of aromatic nitrogens is 2. The first-order valence-corrected chi connectivity index (χ1v) is 6.28. The average molecular weight is 264 g/mol. The molecule has 0 aliphatic carbocycles. The Hall–Kier alpha value is -1.86. The van der Waals surface area contributed by atoms with Crippen LogP contribution in [0.15, 0.2) is 24.3 Å². The zero-order chi connectivity index (χ0) is 13.1. The molecule has 1 aromatic heterocycles. The van der Waals surface area contributed by atoms with Crippen LogP contribution in [0.4, 0.5) is 5.69 Å². The minimum absolute atomic E-state index is 0.0327. The summed E-state index contributed by atoms with van der Waals surface area (Å²) in [6, 6.07) is 6.32. The highest BCUT2D eigenvalue weighted by molar-refractivity contribution is 7.14. The van der Waals surface area contributed by atoms with Crippen molar-refractivity contribution in [1.29, 1.82) is 0 Å². The summed E-state index contributed by atoms with van der Waals surface area (Å²) in [5.74, 6) is 0. The zero-order valence-electron chi connectivity index (χ0n) is 9.74. The number of nitrogens with zero attached hydrogens (tertiary/aromatic N) is 3. The topological polar surface area (TPSA) is 94.9 Å². The Morgan fingerprint density at radius 3 is 2.83 bits per heavy atom. The Morgan fingerprint density at radius 2 is 2.17 bits per heavy atom. The molecule has 6 nitrogen and oxygen atoms in total. The Balaban J connectivity index is 2.43. The summed E-state index contributed by atoms with van der Waals surface area (Å²) >= 11 is 1.30. The summed E-state index contributed by atoms with van der Waals surface area (Å²) in [6.07, 6.45) is 0.755. The van der Waals surface area contributed by atoms with E-state index in [0.717, 1.165) is 6.42 Å². The third kappa shape index (κ3) is 2.36. The fraction of sp³-hybridized carbons (Fsp3) is 0.273. The van der Waals surface area contributed by atoms with Gasteiger partial charge in [-0.05, 0) is 12.5 Å². The molecular formula is C11H12N4O2S. The van der Waals surface area contributed by atoms with Gasteiger partial charge in [0.25, 0.3) is 5.69 Å². The SMILES string of the molecule is CCC(N)c1nnc(-c2ccccc2[N+](=O)[O-])s1. The Morgan fingerprint density at radius 1 is 1.44 bits per heavy atom. The highest BCUT2D eigenvalue weighted by Crippen LogP contribution is 2.33. The third-order valence-corrected chi connectivity index (χ3v) is 3.62. The smallest absolute Gasteiger partial charge is 0.279 e. The molecule has 2 N–H and O–H groups in total. The van der Waals surface area contributed by atoms with Gasteiger partial charge in [-0.25, -0.2) is 0 Å². The van der Waals surface area contributed by atoms with E-state index in [9.17, 15) is 10.1 Å². The molecule has 1 unspecified atom stereocenters. The van der Waals surface area contributed by atoms with Crippen molar-refractivity contribution in [3.05, 3.63) is 39.4 Å². The summed E-state index contributed by atoms with van der Waals surface area (Å²) < 4.78 is 0. The average Bonchev–Trinajstić information content (AvgIpc) is 2.87. The van der Waals surface area contributed by atoms with Crippen LogP contribution in [0.3, 0.4) is 0 Å². The molecule has 0 radical (unpaired) electrons. The number of benzene rings is 1. The first kappa shape index (κ1) is 12.6. The fourth-order valence-electron chi connectivity index (χ4n) is 1.48. The van der Waals surface area contributed by atoms with Crippen molar-refractivity contribution < 1.29 is 4.92 Å². The maximum Gasteiger partial charge on any atom is 0.279 e. The van der Waals surface area contributed by atoms with Gasteiger partial charge in [0, 0.05) is 6.07 Å². The lowest BCUT2D eigenvalue weighted by Crippen LogP contribution is -2.07. The van der Waals surface area contributed by atoms with Gasteiger partial charge in [0.1, 0.15) is 5.01 Å². The van der Waals surface area contributed by atoms with Crippen molar-refractivity contribution in [3.63, 3.8) is 0 Å². The second-order valence-corrected chi connectivity index (χ2v) is 4.74. The molecule has 0 bridgehead atoms. The van der Waals surface area contributed by atoms with Crippen LogP contribution < -0.4 is 5.73 Å². The van der Waals surface area contributed by atoms with Crippen molar-refractivity contribution in [3.8, 4) is 10.6 Å². The van der Waals surface area contributed by atoms with E-state index in [1.165, 1.54) is 17.4 Å². The van der Waals surface area contributed by atoms with Crippen LogP contribution in [-0.2, 0) is 0 Å². The Bertz CT molecular complexity index is 570. The van der Waals surface area contributed by atoms with E-state index in [4.69, 9.17) is 5.73 Å². The Labute approximate surface area is 108 Å². The molecule has 7 heteroatoms. The monoisotopic (exact) mass is 264 g/mol. The lowest BCUT2D eigenvalue weighted by molar-refractivity contribution is -0.384. The molecule has 0 saturated carbocycles. The first-order chi connectivity index (χ1) is 8.63. The molecule has 0 aliphatic heterocycles. The molecule has 0 amide bonds. The van der Waals surface area contributed by atoms with Crippen LogP contribution in [0.1, 0.15) is 24.4 Å². The standard InChI is InChI=1S/C11H12N4O2S/c1-2-8(12)11-14-13-10(18-11)7-5-3-4-6-9(7)15(16)17/h3-6,8H,2,12H2,1H3. The quantitative estimate of drug-likeness (QED) is 0.676. The van der Waals surface area contributed by atoms with Gasteiger partial charge in [-0.2, -0.15) is 0 Å². The van der Waals surface area contributed by atoms with E-state index >= 15 is 0 Å². The minimum Gasteiger partial charge on any atom is -0.322 e. The summed E-state index contributed by atoms with van der Waals surface area (Å²) in [5, 5.41) is 20.1. The predicted molar refractivity (Wildman–Crippen MR) is 69.2 cm³/mol. The number of rotatable bonds is 4. The van der Waals surface area contributed by atoms with Crippen LogP contribution in [0.2, 0.25) is 0 Å². The molecule has 2 aromatic rings. The molecule has 0 spiro atoms. The van der Waals surface area contributed by atoms with Gasteiger partial charge in [0.05, 0.1) is 16.5 Å². The van der Waals surface area contributed by atoms with Crippen molar-refractivity contribution in [1.82, 2.24) is 10.2 Å². The maximum atomic E-state index is 10.9. The summed E-state index contributed by atoms with van der Waals surface area (Å²) in [4.78, 5) is 10.5. The van der Waals surface area contributed by atoms with Crippen LogP contribution in [0.5, 0.6) is 0 Å². The van der Waals surface area contributed by atoms with Crippen LogP contribution in [-0.4, -0.2) is 15.1 Å². The minimum atomic E-state index is -0.420. The van der Waals surface area contributed by atoms with Gasteiger partial charge in [0.15, 0.2) is 5.01 Å². The highest BCUT2D eigenvalue weighted by Gasteiger charge is 2.19. The fourth-order valence-corrected chi connectivity index (χ4v) is 2.44. The lowest BCUT2D eigenvalue weighted by Gasteiger charge is -2.01. The van der Waals surface area contributed by atoms with Crippen LogP contribution in [0.25, 0.3) is 10.6 Å². The van der Waals surface area contributed by atoms with Gasteiger partial charge in [0.2, 0.25) is 0 Å². The highest BCUT2D eigenvalue weighted by atomic mass is 32.1. The van der Waals surface area contributed by atoms with E-state index in [1.807, 2.05) is 6.92 Å². The van der Waals surface area contributed by atoms with E-state index in [1.54, 1.807) is 18.2 Å². The van der Waals surface area contributed by atoms with E-state index < -0.39 is 4.92 Å².